The van der Waals surface area contributed by atoms with Crippen LogP contribution in [0.25, 0.3) is 5.41 Å². The number of allylic oxidation sites excluding steroid dienone is 1. The smallest absolute Gasteiger partial charge is 0.852 e. The minimum atomic E-state index is -0.477. The Kier molecular flexibility index (Phi) is 12.4. The molecule has 5 heteroatoms. The van der Waals surface area contributed by atoms with E-state index >= 15 is 0 Å². The predicted molar refractivity (Wildman–Crippen MR) is 129 cm³/mol. The van der Waals surface area contributed by atoms with Crippen molar-refractivity contribution < 1.29 is 30.3 Å². The molecule has 0 N–H and O–H groups in total. The molecule has 0 fully saturated rings. The summed E-state index contributed by atoms with van der Waals surface area (Å²) in [5, 5.41) is 9.06. The van der Waals surface area contributed by atoms with E-state index in [1.807, 2.05) is 18.5 Å². The Morgan fingerprint density at radius 2 is 1.88 bits per heavy atom. The standard InChI is InChI=1S/C16H19N.C12H10FNO.W/c1-3-13-8-5-6-10-16(13)15(4-2)14-9-7-11-17-12-14;1-8-3-4-10(11(13)7-8)5-6-12(14)9(2)15;/h5-12,15H,3-4H2,1-2H3;3-4,6-7H,1-2H3;/q;-2;+2. The minimum absolute atomic E-state index is 0. The summed E-state index contributed by atoms with van der Waals surface area (Å²) in [5.74, 6) is -0.433. The van der Waals surface area contributed by atoms with E-state index in [2.05, 4.69) is 55.2 Å². The van der Waals surface area contributed by atoms with Crippen molar-refractivity contribution in [1.29, 1.82) is 0 Å². The van der Waals surface area contributed by atoms with Crippen LogP contribution in [0.1, 0.15) is 60.9 Å². The summed E-state index contributed by atoms with van der Waals surface area (Å²) in [7, 11) is 0. The molecule has 0 bridgehead atoms. The molecule has 0 aliphatic rings. The van der Waals surface area contributed by atoms with Gasteiger partial charge in [-0.05, 0) is 49.4 Å². The number of nitrogens with zero attached hydrogens (tertiary/aromatic N) is 2. The quantitative estimate of drug-likeness (QED) is 0.223. The molecule has 0 aliphatic carbocycles. The monoisotopic (exact) mass is 612 g/mol. The van der Waals surface area contributed by atoms with Gasteiger partial charge in [-0.25, -0.2) is 0 Å². The number of Topliss-reactive ketones (excluding diaryl/α,β-unsaturated/α-hetero) is 1. The Balaban J connectivity index is 0.000000323. The van der Waals surface area contributed by atoms with Crippen LogP contribution in [0.15, 0.2) is 73.1 Å². The van der Waals surface area contributed by atoms with Gasteiger partial charge in [0.05, 0.1) is 5.78 Å². The van der Waals surface area contributed by atoms with Gasteiger partial charge in [-0.15, -0.1) is 23.8 Å². The first kappa shape index (κ1) is 28.3. The average Bonchev–Trinajstić information content (AvgIpc) is 2.80. The molecule has 2 aromatic carbocycles. The van der Waals surface area contributed by atoms with Crippen molar-refractivity contribution in [3.63, 3.8) is 0 Å². The van der Waals surface area contributed by atoms with Crippen LogP contribution >= 0.6 is 0 Å². The average molecular weight is 612 g/mol. The topological polar surface area (TPSA) is 52.3 Å². The third-order valence-corrected chi connectivity index (χ3v) is 5.16. The van der Waals surface area contributed by atoms with Gasteiger partial charge in [-0.3, -0.25) is 9.37 Å². The molecule has 1 unspecified atom stereocenters. The molecule has 33 heavy (non-hydrogen) atoms. The minimum Gasteiger partial charge on any atom is -0.852 e. The fourth-order valence-electron chi connectivity index (χ4n) is 3.40. The Hall–Kier alpha value is -2.71. The van der Waals surface area contributed by atoms with Crippen molar-refractivity contribution in [3.8, 4) is 0 Å². The van der Waals surface area contributed by atoms with Crippen LogP contribution in [0.3, 0.4) is 0 Å². The van der Waals surface area contributed by atoms with Crippen molar-refractivity contribution in [2.45, 2.75) is 46.5 Å². The van der Waals surface area contributed by atoms with Crippen molar-refractivity contribution in [2.75, 3.05) is 0 Å². The van der Waals surface area contributed by atoms with Crippen LogP contribution in [0, 0.1) is 18.8 Å². The number of aryl methyl sites for hydroxylation is 2. The van der Waals surface area contributed by atoms with E-state index < -0.39 is 17.3 Å². The number of carbonyl (C=O) groups excluding carboxylic acids is 1. The van der Waals surface area contributed by atoms with Gasteiger partial charge in [-0.1, -0.05) is 55.8 Å². The van der Waals surface area contributed by atoms with Crippen LogP contribution in [0.5, 0.6) is 0 Å². The summed E-state index contributed by atoms with van der Waals surface area (Å²) < 4.78 is 13.2. The summed E-state index contributed by atoms with van der Waals surface area (Å²) in [5.41, 5.74) is 4.80. The first-order valence-corrected chi connectivity index (χ1v) is 10.8. The number of benzene rings is 2. The Morgan fingerprint density at radius 3 is 2.45 bits per heavy atom. The van der Waals surface area contributed by atoms with E-state index in [4.69, 9.17) is 5.41 Å². The third kappa shape index (κ3) is 8.62. The third-order valence-electron chi connectivity index (χ3n) is 5.16. The molecular formula is C28H29FN2OW. The van der Waals surface area contributed by atoms with E-state index in [0.29, 0.717) is 5.92 Å². The number of pyridine rings is 1. The van der Waals surface area contributed by atoms with Gasteiger partial charge in [0.2, 0.25) is 0 Å². The largest absolute Gasteiger partial charge is 2.00 e. The second-order valence-electron chi connectivity index (χ2n) is 7.51. The second kappa shape index (κ2) is 14.4. The van der Waals surface area contributed by atoms with Crippen LogP contribution in [-0.4, -0.2) is 16.5 Å². The summed E-state index contributed by atoms with van der Waals surface area (Å²) in [6.07, 6.45) is 9.60. The second-order valence-corrected chi connectivity index (χ2v) is 7.51. The van der Waals surface area contributed by atoms with Crippen molar-refractivity contribution in [3.05, 3.63) is 118 Å². The number of rotatable bonds is 7. The van der Waals surface area contributed by atoms with Gasteiger partial charge in [0, 0.05) is 24.1 Å². The normalized spacial score (nSPS) is 11.2. The van der Waals surface area contributed by atoms with Crippen molar-refractivity contribution in [2.24, 2.45) is 0 Å². The number of hydrogen-bond acceptors (Lipinski definition) is 2. The van der Waals surface area contributed by atoms with E-state index in [-0.39, 0.29) is 26.6 Å². The molecule has 0 saturated heterocycles. The SMILES string of the molecule is CC(=O)C(=[N-])C=[C-]c1ccc(C)cc1F.CCc1ccccc1C(CC)c1cccnc1.[W+2]. The number of ketones is 1. The first-order chi connectivity index (χ1) is 15.4. The van der Waals surface area contributed by atoms with Gasteiger partial charge in [-0.2, -0.15) is 11.8 Å². The summed E-state index contributed by atoms with van der Waals surface area (Å²) in [6.45, 7) is 7.45. The molecule has 1 atom stereocenters. The molecule has 1 aromatic heterocycles. The Bertz CT molecular complexity index is 1080. The van der Waals surface area contributed by atoms with Gasteiger partial charge >= 0.3 is 21.1 Å². The molecule has 170 valence electrons. The van der Waals surface area contributed by atoms with Gasteiger partial charge in [0.1, 0.15) is 0 Å². The summed E-state index contributed by atoms with van der Waals surface area (Å²) in [6, 6.07) is 17.6. The van der Waals surface area contributed by atoms with Crippen molar-refractivity contribution in [1.82, 2.24) is 4.98 Å². The molecule has 3 aromatic rings. The van der Waals surface area contributed by atoms with Gasteiger partial charge < -0.3 is 10.2 Å². The van der Waals surface area contributed by atoms with Crippen molar-refractivity contribution >= 4 is 11.5 Å². The van der Waals surface area contributed by atoms with E-state index in [1.165, 1.54) is 35.7 Å². The van der Waals surface area contributed by atoms with Crippen LogP contribution in [0.4, 0.5) is 4.39 Å². The predicted octanol–water partition coefficient (Wildman–Crippen LogP) is 6.62. The molecular weight excluding hydrogens is 583 g/mol. The summed E-state index contributed by atoms with van der Waals surface area (Å²) in [4.78, 5) is 14.9. The van der Waals surface area contributed by atoms with Crippen LogP contribution < -0.4 is 0 Å². The van der Waals surface area contributed by atoms with Gasteiger partial charge in [0.15, 0.2) is 0 Å². The maximum atomic E-state index is 13.2. The maximum absolute atomic E-state index is 13.2. The molecule has 0 aliphatic heterocycles. The van der Waals surface area contributed by atoms with Crippen LogP contribution in [0.2, 0.25) is 0 Å². The number of hydrogen-bond donors (Lipinski definition) is 0. The van der Waals surface area contributed by atoms with E-state index in [0.717, 1.165) is 24.5 Å². The van der Waals surface area contributed by atoms with Gasteiger partial charge in [0.25, 0.3) is 0 Å². The molecule has 0 amide bonds. The molecule has 1 heterocycles. The summed E-state index contributed by atoms with van der Waals surface area (Å²) >= 11 is 0. The number of aromatic nitrogens is 1. The molecule has 0 spiro atoms. The zero-order chi connectivity index (χ0) is 23.5. The first-order valence-electron chi connectivity index (χ1n) is 10.8. The van der Waals surface area contributed by atoms with E-state index in [1.54, 1.807) is 13.0 Å². The molecule has 3 nitrogen and oxygen atoms in total. The number of halogens is 1. The molecule has 3 rings (SSSR count). The zero-order valence-corrected chi connectivity index (χ0v) is 22.4. The fraction of sp³-hybridized carbons (Fsp3) is 0.250. The maximum Gasteiger partial charge on any atom is 2.00 e. The van der Waals surface area contributed by atoms with Crippen LogP contribution in [-0.2, 0) is 32.3 Å². The molecule has 0 saturated carbocycles. The zero-order valence-electron chi connectivity index (χ0n) is 19.5. The van der Waals surface area contributed by atoms with E-state index in [9.17, 15) is 9.18 Å². The molecule has 0 radical (unpaired) electrons. The number of carbonyl (C=O) groups is 1. The Morgan fingerprint density at radius 1 is 1.15 bits per heavy atom. The Labute approximate surface area is 210 Å². The fourth-order valence-corrected chi connectivity index (χ4v) is 3.40.